The molecule has 0 fully saturated rings. The van der Waals surface area contributed by atoms with Crippen molar-refractivity contribution in [3.8, 4) is 11.6 Å². The number of pyridine rings is 1. The number of hydrogen-bond donors (Lipinski definition) is 1. The van der Waals surface area contributed by atoms with Crippen LogP contribution in [0, 0.1) is 13.8 Å². The van der Waals surface area contributed by atoms with Gasteiger partial charge in [0.25, 0.3) is 5.78 Å². The van der Waals surface area contributed by atoms with Gasteiger partial charge in [0.1, 0.15) is 9.71 Å². The zero-order valence-corrected chi connectivity index (χ0v) is 14.8. The van der Waals surface area contributed by atoms with Gasteiger partial charge in [-0.1, -0.05) is 18.2 Å². The SMILES string of the molecule is Cc1cc2c(N)c(C(=O)c3c([O-])on[n+]3-c3ccccc3)sc2nc1C. The molecule has 0 aliphatic rings. The van der Waals surface area contributed by atoms with E-state index in [2.05, 4.69) is 10.3 Å². The average Bonchev–Trinajstić information content (AvgIpc) is 3.17. The van der Waals surface area contributed by atoms with E-state index >= 15 is 0 Å². The van der Waals surface area contributed by atoms with Gasteiger partial charge in [0, 0.05) is 23.2 Å². The van der Waals surface area contributed by atoms with Crippen molar-refractivity contribution in [1.82, 2.24) is 10.3 Å². The summed E-state index contributed by atoms with van der Waals surface area (Å²) < 4.78 is 5.92. The summed E-state index contributed by atoms with van der Waals surface area (Å²) >= 11 is 1.16. The number of benzene rings is 1. The summed E-state index contributed by atoms with van der Waals surface area (Å²) in [5, 5.41) is 16.5. The summed E-state index contributed by atoms with van der Waals surface area (Å²) in [6, 6.07) is 10.7. The van der Waals surface area contributed by atoms with E-state index in [1.54, 1.807) is 24.3 Å². The molecule has 2 N–H and O–H groups in total. The largest absolute Gasteiger partial charge is 0.539 e. The Balaban J connectivity index is 1.89. The maximum atomic E-state index is 13.1. The van der Waals surface area contributed by atoms with Crippen molar-refractivity contribution < 1.29 is 19.1 Å². The number of anilines is 1. The predicted molar refractivity (Wildman–Crippen MR) is 94.4 cm³/mol. The van der Waals surface area contributed by atoms with Crippen molar-refractivity contribution in [3.05, 3.63) is 58.2 Å². The quantitative estimate of drug-likeness (QED) is 0.439. The van der Waals surface area contributed by atoms with Crippen LogP contribution >= 0.6 is 11.3 Å². The van der Waals surface area contributed by atoms with E-state index in [0.717, 1.165) is 22.6 Å². The maximum absolute atomic E-state index is 13.1. The van der Waals surface area contributed by atoms with Gasteiger partial charge in [0.2, 0.25) is 5.69 Å². The zero-order valence-electron chi connectivity index (χ0n) is 14.0. The molecule has 0 amide bonds. The molecule has 0 bridgehead atoms. The second kappa shape index (κ2) is 5.92. The number of fused-ring (bicyclic) bond motifs is 1. The first kappa shape index (κ1) is 16.2. The van der Waals surface area contributed by atoms with Crippen LogP contribution < -0.4 is 15.5 Å². The molecule has 4 rings (SSSR count). The Labute approximate surface area is 152 Å². The van der Waals surface area contributed by atoms with E-state index in [4.69, 9.17) is 10.3 Å². The van der Waals surface area contributed by atoms with Gasteiger partial charge in [0.15, 0.2) is 5.95 Å². The molecule has 0 unspecified atom stereocenters. The van der Waals surface area contributed by atoms with Crippen LogP contribution in [0.15, 0.2) is 40.9 Å². The molecule has 3 aromatic heterocycles. The molecule has 1 aromatic carbocycles. The molecule has 0 aliphatic carbocycles. The lowest BCUT2D eigenvalue weighted by molar-refractivity contribution is -0.672. The lowest BCUT2D eigenvalue weighted by Crippen LogP contribution is -2.39. The normalized spacial score (nSPS) is 11.2. The van der Waals surface area contributed by atoms with Crippen LogP contribution in [0.3, 0.4) is 0 Å². The third kappa shape index (κ3) is 2.42. The van der Waals surface area contributed by atoms with Crippen molar-refractivity contribution in [2.75, 3.05) is 5.73 Å². The number of carbonyl (C=O) groups is 1. The Morgan fingerprint density at radius 1 is 1.27 bits per heavy atom. The number of nitrogens with zero attached hydrogens (tertiary/aromatic N) is 3. The van der Waals surface area contributed by atoms with E-state index in [0.29, 0.717) is 21.6 Å². The fraction of sp³-hybridized carbons (Fsp3) is 0.111. The second-order valence-corrected chi connectivity index (χ2v) is 6.87. The number of ketones is 1. The summed E-state index contributed by atoms with van der Waals surface area (Å²) in [6.07, 6.45) is 0. The zero-order chi connectivity index (χ0) is 18.4. The number of nitrogen functional groups attached to an aromatic ring is 1. The van der Waals surface area contributed by atoms with Crippen LogP contribution in [0.25, 0.3) is 15.9 Å². The Morgan fingerprint density at radius 2 is 2.00 bits per heavy atom. The number of thiophene rings is 1. The summed E-state index contributed by atoms with van der Waals surface area (Å²) in [5.41, 5.74) is 8.71. The first-order chi connectivity index (χ1) is 12.5. The van der Waals surface area contributed by atoms with Gasteiger partial charge in [-0.2, -0.15) is 0 Å². The number of aromatic nitrogens is 3. The summed E-state index contributed by atoms with van der Waals surface area (Å²) in [5.74, 6) is -1.34. The van der Waals surface area contributed by atoms with E-state index in [9.17, 15) is 9.90 Å². The van der Waals surface area contributed by atoms with Gasteiger partial charge in [0.05, 0.1) is 11.0 Å². The Kier molecular flexibility index (Phi) is 3.69. The molecule has 0 spiro atoms. The molecule has 0 radical (unpaired) electrons. The van der Waals surface area contributed by atoms with Crippen LogP contribution in [0.2, 0.25) is 0 Å². The predicted octanol–water partition coefficient (Wildman–Crippen LogP) is 2.06. The molecule has 7 nitrogen and oxygen atoms in total. The molecule has 26 heavy (non-hydrogen) atoms. The van der Waals surface area contributed by atoms with Gasteiger partial charge in [-0.15, -0.1) is 11.3 Å². The third-order valence-electron chi connectivity index (χ3n) is 4.20. The lowest BCUT2D eigenvalue weighted by atomic mass is 10.1. The number of hydrogen-bond acceptors (Lipinski definition) is 7. The fourth-order valence-electron chi connectivity index (χ4n) is 2.69. The molecule has 3 heterocycles. The van der Waals surface area contributed by atoms with Crippen LogP contribution in [0.5, 0.6) is 5.95 Å². The van der Waals surface area contributed by atoms with Crippen LogP contribution in [0.1, 0.15) is 26.6 Å². The molecule has 0 saturated heterocycles. The molecule has 130 valence electrons. The van der Waals surface area contributed by atoms with Crippen LogP contribution in [-0.4, -0.2) is 16.0 Å². The smallest absolute Gasteiger partial charge is 0.312 e. The highest BCUT2D eigenvalue weighted by atomic mass is 32.1. The fourth-order valence-corrected chi connectivity index (χ4v) is 3.75. The van der Waals surface area contributed by atoms with E-state index in [-0.39, 0.29) is 10.6 Å². The van der Waals surface area contributed by atoms with Gasteiger partial charge in [-0.05, 0) is 30.2 Å². The summed E-state index contributed by atoms with van der Waals surface area (Å²) in [4.78, 5) is 18.5. The van der Waals surface area contributed by atoms with Crippen LogP contribution in [-0.2, 0) is 0 Å². The molecule has 0 aliphatic heterocycles. The van der Waals surface area contributed by atoms with Crippen molar-refractivity contribution in [2.45, 2.75) is 13.8 Å². The number of carbonyl (C=O) groups excluding carboxylic acids is 1. The number of aryl methyl sites for hydroxylation is 2. The van der Waals surface area contributed by atoms with Gasteiger partial charge < -0.3 is 15.4 Å². The minimum absolute atomic E-state index is 0.192. The number of rotatable bonds is 3. The monoisotopic (exact) mass is 366 g/mol. The standard InChI is InChI=1S/C18H14N4O3S/c1-9-8-12-13(19)16(26-17(12)20-10(9)2)15(23)14-18(24)25-21-22(14)11-6-4-3-5-7-11/h3-8H,1-2H3,(H2-,19,21,23,24). The summed E-state index contributed by atoms with van der Waals surface area (Å²) in [7, 11) is 0. The molecule has 0 saturated carbocycles. The molecular formula is C18H14N4O3S. The molecule has 0 atom stereocenters. The van der Waals surface area contributed by atoms with Crippen molar-refractivity contribution in [2.24, 2.45) is 0 Å². The highest BCUT2D eigenvalue weighted by molar-refractivity contribution is 7.21. The first-order valence-electron chi connectivity index (χ1n) is 7.82. The number of para-hydroxylation sites is 1. The van der Waals surface area contributed by atoms with E-state index in [1.807, 2.05) is 26.0 Å². The highest BCUT2D eigenvalue weighted by Gasteiger charge is 2.32. The lowest BCUT2D eigenvalue weighted by Gasteiger charge is -1.99. The molecular weight excluding hydrogens is 352 g/mol. The molecule has 8 heteroatoms. The van der Waals surface area contributed by atoms with E-state index < -0.39 is 11.7 Å². The van der Waals surface area contributed by atoms with Gasteiger partial charge in [-0.25, -0.2) is 4.98 Å². The Morgan fingerprint density at radius 3 is 2.73 bits per heavy atom. The first-order valence-corrected chi connectivity index (χ1v) is 8.64. The highest BCUT2D eigenvalue weighted by Crippen LogP contribution is 2.35. The maximum Gasteiger partial charge on any atom is 0.312 e. The van der Waals surface area contributed by atoms with Gasteiger partial charge >= 0.3 is 5.69 Å². The minimum Gasteiger partial charge on any atom is -0.539 e. The number of nitrogens with two attached hydrogens (primary N) is 1. The van der Waals surface area contributed by atoms with Crippen molar-refractivity contribution >= 4 is 33.0 Å². The third-order valence-corrected chi connectivity index (χ3v) is 5.31. The Hall–Kier alpha value is -3.26. The van der Waals surface area contributed by atoms with E-state index in [1.165, 1.54) is 4.68 Å². The average molecular weight is 366 g/mol. The van der Waals surface area contributed by atoms with Crippen molar-refractivity contribution in [1.29, 1.82) is 0 Å². The van der Waals surface area contributed by atoms with Crippen molar-refractivity contribution in [3.63, 3.8) is 0 Å². The molecule has 4 aromatic rings. The van der Waals surface area contributed by atoms with Crippen LogP contribution in [0.4, 0.5) is 5.69 Å². The minimum atomic E-state index is -0.809. The Bertz CT molecular complexity index is 1150. The second-order valence-electron chi connectivity index (χ2n) is 5.87. The van der Waals surface area contributed by atoms with Gasteiger partial charge in [-0.3, -0.25) is 4.79 Å². The topological polar surface area (TPSA) is 109 Å². The summed E-state index contributed by atoms with van der Waals surface area (Å²) in [6.45, 7) is 3.82.